The van der Waals surface area contributed by atoms with Gasteiger partial charge in [0.15, 0.2) is 12.4 Å². The summed E-state index contributed by atoms with van der Waals surface area (Å²) in [5.41, 5.74) is 3.41. The summed E-state index contributed by atoms with van der Waals surface area (Å²) in [6.07, 6.45) is 3.79. The number of esters is 1. The third-order valence-electron chi connectivity index (χ3n) is 4.41. The van der Waals surface area contributed by atoms with Gasteiger partial charge < -0.3 is 10.1 Å². The first-order valence-corrected chi connectivity index (χ1v) is 9.92. The van der Waals surface area contributed by atoms with Gasteiger partial charge in [0.1, 0.15) is 5.00 Å². The number of hydrogen-bond acceptors (Lipinski definition) is 4. The molecule has 6 heteroatoms. The second-order valence-electron chi connectivity index (χ2n) is 6.39. The number of thiophene rings is 1. The second kappa shape index (κ2) is 8.80. The minimum atomic E-state index is -0.404. The van der Waals surface area contributed by atoms with Crippen LogP contribution in [0.15, 0.2) is 54.9 Å². The summed E-state index contributed by atoms with van der Waals surface area (Å²) in [4.78, 5) is 25.9. The molecule has 0 aliphatic carbocycles. The topological polar surface area (TPSA) is 59.3 Å². The normalized spacial score (nSPS) is 10.5. The molecule has 0 saturated heterocycles. The molecule has 0 atom stereocenters. The molecule has 0 fully saturated rings. The average Bonchev–Trinajstić information content (AvgIpc) is 2.96. The largest absolute Gasteiger partial charge is 0.462 e. The third kappa shape index (κ3) is 4.46. The molecule has 144 valence electrons. The van der Waals surface area contributed by atoms with E-state index in [1.807, 2.05) is 73.3 Å². The zero-order valence-corrected chi connectivity index (χ0v) is 17.0. The fourth-order valence-electron chi connectivity index (χ4n) is 2.92. The van der Waals surface area contributed by atoms with E-state index in [2.05, 4.69) is 5.32 Å². The Kier molecular flexibility index (Phi) is 6.21. The van der Waals surface area contributed by atoms with E-state index in [-0.39, 0.29) is 12.5 Å². The summed E-state index contributed by atoms with van der Waals surface area (Å²) in [6, 6.07) is 13.9. The van der Waals surface area contributed by atoms with Crippen LogP contribution in [0.25, 0.3) is 11.1 Å². The van der Waals surface area contributed by atoms with Crippen molar-refractivity contribution >= 4 is 28.2 Å². The number of pyridine rings is 1. The predicted octanol–water partition coefficient (Wildman–Crippen LogP) is 4.13. The Morgan fingerprint density at radius 2 is 1.79 bits per heavy atom. The van der Waals surface area contributed by atoms with Gasteiger partial charge >= 0.3 is 5.97 Å². The zero-order chi connectivity index (χ0) is 20.1. The van der Waals surface area contributed by atoms with Gasteiger partial charge in [-0.1, -0.05) is 30.3 Å². The number of aryl methyl sites for hydroxylation is 1. The number of hydrogen-bond donors (Lipinski definition) is 1. The van der Waals surface area contributed by atoms with Crippen LogP contribution in [0, 0.1) is 13.8 Å². The maximum Gasteiger partial charge on any atom is 0.341 e. The molecule has 0 radical (unpaired) electrons. The maximum atomic E-state index is 12.6. The fraction of sp³-hybridized carbons (Fsp3) is 0.227. The van der Waals surface area contributed by atoms with Crippen molar-refractivity contribution in [2.24, 2.45) is 0 Å². The molecule has 2 heterocycles. The van der Waals surface area contributed by atoms with Crippen LogP contribution in [0.4, 0.5) is 5.00 Å². The van der Waals surface area contributed by atoms with Gasteiger partial charge in [-0.15, -0.1) is 11.3 Å². The van der Waals surface area contributed by atoms with Crippen molar-refractivity contribution in [2.75, 3.05) is 11.9 Å². The first kappa shape index (κ1) is 19.8. The number of nitrogens with one attached hydrogen (secondary N) is 1. The number of carbonyl (C=O) groups excluding carboxylic acids is 2. The molecule has 1 aromatic carbocycles. The molecule has 28 heavy (non-hydrogen) atoms. The monoisotopic (exact) mass is 395 g/mol. The molecule has 2 aromatic heterocycles. The Hall–Kier alpha value is -2.99. The van der Waals surface area contributed by atoms with E-state index < -0.39 is 5.97 Å². The number of benzene rings is 1. The Morgan fingerprint density at radius 3 is 2.50 bits per heavy atom. The van der Waals surface area contributed by atoms with E-state index in [0.717, 1.165) is 21.6 Å². The van der Waals surface area contributed by atoms with Crippen molar-refractivity contribution in [2.45, 2.75) is 27.3 Å². The number of nitrogens with zero attached hydrogens (tertiary/aromatic N) is 1. The lowest BCUT2D eigenvalue weighted by atomic mass is 10.1. The first-order chi connectivity index (χ1) is 13.5. The summed E-state index contributed by atoms with van der Waals surface area (Å²) in [5.74, 6) is -0.597. The number of ether oxygens (including phenoxy) is 1. The molecule has 1 amide bonds. The summed E-state index contributed by atoms with van der Waals surface area (Å²) < 4.78 is 6.97. The molecular formula is C22H23N2O3S+. The van der Waals surface area contributed by atoms with Gasteiger partial charge in [-0.25, -0.2) is 4.79 Å². The highest BCUT2D eigenvalue weighted by molar-refractivity contribution is 7.16. The van der Waals surface area contributed by atoms with Crippen LogP contribution in [0.5, 0.6) is 0 Å². The van der Waals surface area contributed by atoms with E-state index in [0.29, 0.717) is 17.2 Å². The van der Waals surface area contributed by atoms with E-state index in [1.165, 1.54) is 11.3 Å². The van der Waals surface area contributed by atoms with Crippen LogP contribution >= 0.6 is 11.3 Å². The van der Waals surface area contributed by atoms with Crippen molar-refractivity contribution in [3.63, 3.8) is 0 Å². The van der Waals surface area contributed by atoms with E-state index in [9.17, 15) is 9.59 Å². The van der Waals surface area contributed by atoms with Crippen LogP contribution in [0.1, 0.15) is 27.7 Å². The summed E-state index contributed by atoms with van der Waals surface area (Å²) in [5, 5.41) is 3.42. The molecule has 0 bridgehead atoms. The highest BCUT2D eigenvalue weighted by Gasteiger charge is 2.23. The predicted molar refractivity (Wildman–Crippen MR) is 110 cm³/mol. The molecule has 1 N–H and O–H groups in total. The number of rotatable bonds is 6. The smallest absolute Gasteiger partial charge is 0.341 e. The molecule has 0 aliphatic rings. The number of aromatic nitrogens is 1. The summed E-state index contributed by atoms with van der Waals surface area (Å²) in [7, 11) is 0. The van der Waals surface area contributed by atoms with Crippen molar-refractivity contribution < 1.29 is 18.9 Å². The van der Waals surface area contributed by atoms with E-state index in [4.69, 9.17) is 4.74 Å². The van der Waals surface area contributed by atoms with Crippen LogP contribution in [-0.2, 0) is 16.1 Å². The Balaban J connectivity index is 1.77. The molecule has 0 saturated carbocycles. The number of carbonyl (C=O) groups is 2. The molecular weight excluding hydrogens is 372 g/mol. The van der Waals surface area contributed by atoms with Gasteiger partial charge in [0.25, 0.3) is 5.91 Å². The summed E-state index contributed by atoms with van der Waals surface area (Å²) in [6.45, 7) is 6.00. The van der Waals surface area contributed by atoms with Crippen LogP contribution in [-0.4, -0.2) is 18.5 Å². The minimum Gasteiger partial charge on any atom is -0.462 e. The second-order valence-corrected chi connectivity index (χ2v) is 7.61. The van der Waals surface area contributed by atoms with Gasteiger partial charge in [-0.2, -0.15) is 4.57 Å². The van der Waals surface area contributed by atoms with Crippen LogP contribution < -0.4 is 9.88 Å². The van der Waals surface area contributed by atoms with Crippen molar-refractivity contribution in [1.82, 2.24) is 0 Å². The quantitative estimate of drug-likeness (QED) is 0.504. The van der Waals surface area contributed by atoms with Crippen molar-refractivity contribution in [3.05, 3.63) is 70.9 Å². The van der Waals surface area contributed by atoms with E-state index in [1.54, 1.807) is 6.92 Å². The lowest BCUT2D eigenvalue weighted by molar-refractivity contribution is -0.683. The Bertz CT molecular complexity index is 996. The lowest BCUT2D eigenvalue weighted by Crippen LogP contribution is -2.39. The minimum absolute atomic E-state index is 0.152. The van der Waals surface area contributed by atoms with Gasteiger partial charge in [0.2, 0.25) is 6.54 Å². The Labute approximate surface area is 168 Å². The third-order valence-corrected chi connectivity index (χ3v) is 5.53. The Morgan fingerprint density at radius 1 is 1.07 bits per heavy atom. The fourth-order valence-corrected chi connectivity index (χ4v) is 3.98. The van der Waals surface area contributed by atoms with Gasteiger partial charge in [0.05, 0.1) is 12.2 Å². The standard InChI is InChI=1S/C22H22N2O3S/c1-4-27-22(26)20-15(2)16(3)28-21(20)23-19(25)14-24-12-8-11-18(13-24)17-9-6-5-7-10-17/h5-13H,4,14H2,1-3H3/p+1. The SMILES string of the molecule is CCOC(=O)c1c(NC(=O)C[n+]2cccc(-c3ccccc3)c2)sc(C)c1C. The molecule has 0 spiro atoms. The van der Waals surface area contributed by atoms with Gasteiger partial charge in [-0.3, -0.25) is 4.79 Å². The van der Waals surface area contributed by atoms with Crippen molar-refractivity contribution in [1.29, 1.82) is 0 Å². The highest BCUT2D eigenvalue weighted by Crippen LogP contribution is 2.33. The molecule has 0 aliphatic heterocycles. The number of anilines is 1. The van der Waals surface area contributed by atoms with Crippen LogP contribution in [0.3, 0.4) is 0 Å². The van der Waals surface area contributed by atoms with Gasteiger partial charge in [0, 0.05) is 16.5 Å². The number of amides is 1. The van der Waals surface area contributed by atoms with Crippen molar-refractivity contribution in [3.8, 4) is 11.1 Å². The van der Waals surface area contributed by atoms with Crippen LogP contribution in [0.2, 0.25) is 0 Å². The lowest BCUT2D eigenvalue weighted by Gasteiger charge is -2.06. The maximum absolute atomic E-state index is 12.6. The van der Waals surface area contributed by atoms with Gasteiger partial charge in [-0.05, 0) is 38.0 Å². The molecule has 5 nitrogen and oxygen atoms in total. The van der Waals surface area contributed by atoms with E-state index >= 15 is 0 Å². The summed E-state index contributed by atoms with van der Waals surface area (Å²) >= 11 is 1.39. The molecule has 3 aromatic rings. The molecule has 3 rings (SSSR count). The average molecular weight is 396 g/mol. The first-order valence-electron chi connectivity index (χ1n) is 9.11. The molecule has 0 unspecified atom stereocenters. The zero-order valence-electron chi connectivity index (χ0n) is 16.2. The highest BCUT2D eigenvalue weighted by atomic mass is 32.1.